The first-order chi connectivity index (χ1) is 39.0. The second kappa shape index (κ2) is 65.8. The molecule has 446 valence electrons. The van der Waals surface area contributed by atoms with Gasteiger partial charge in [-0.3, -0.25) is 14.4 Å². The number of hydrogen-bond donors (Lipinski definition) is 0. The average molecular weight is 1090 g/mol. The molecule has 6 heteroatoms. The van der Waals surface area contributed by atoms with Crippen LogP contribution in [-0.2, 0) is 28.6 Å². The van der Waals surface area contributed by atoms with E-state index < -0.39 is 6.10 Å². The van der Waals surface area contributed by atoms with Crippen molar-refractivity contribution < 1.29 is 28.6 Å². The Morgan fingerprint density at radius 2 is 0.494 bits per heavy atom. The third-order valence-electron chi connectivity index (χ3n) is 13.3. The Kier molecular flexibility index (Phi) is 61.9. The van der Waals surface area contributed by atoms with Crippen LogP contribution in [0.4, 0.5) is 0 Å². The van der Waals surface area contributed by atoms with Crippen LogP contribution in [0, 0.1) is 0 Å². The highest BCUT2D eigenvalue weighted by atomic mass is 16.6. The van der Waals surface area contributed by atoms with Gasteiger partial charge in [-0.25, -0.2) is 0 Å². The molecule has 1 atom stereocenters. The minimum Gasteiger partial charge on any atom is -0.462 e. The highest BCUT2D eigenvalue weighted by Gasteiger charge is 2.19. The number of esters is 3. The Bertz CT molecular complexity index is 1730. The molecule has 0 aromatic rings. The van der Waals surface area contributed by atoms with E-state index in [-0.39, 0.29) is 31.1 Å². The van der Waals surface area contributed by atoms with Crippen LogP contribution >= 0.6 is 0 Å². The van der Waals surface area contributed by atoms with Crippen LogP contribution in [-0.4, -0.2) is 37.2 Å². The van der Waals surface area contributed by atoms with Crippen molar-refractivity contribution in [3.8, 4) is 0 Å². The zero-order valence-electron chi connectivity index (χ0n) is 51.1. The van der Waals surface area contributed by atoms with E-state index in [1.807, 2.05) is 0 Å². The monoisotopic (exact) mass is 1090 g/mol. The predicted octanol–water partition coefficient (Wildman–Crippen LogP) is 22.3. The summed E-state index contributed by atoms with van der Waals surface area (Å²) in [5, 5.41) is 0. The van der Waals surface area contributed by atoms with E-state index in [1.165, 1.54) is 83.5 Å². The summed E-state index contributed by atoms with van der Waals surface area (Å²) in [4.78, 5) is 38.4. The summed E-state index contributed by atoms with van der Waals surface area (Å²) in [6.07, 6.45) is 94.1. The fourth-order valence-corrected chi connectivity index (χ4v) is 8.53. The second-order valence-corrected chi connectivity index (χ2v) is 20.9. The first kappa shape index (κ1) is 74.3. The Morgan fingerprint density at radius 1 is 0.266 bits per heavy atom. The minimum atomic E-state index is -0.810. The van der Waals surface area contributed by atoms with Gasteiger partial charge in [0.05, 0.1) is 0 Å². The zero-order valence-corrected chi connectivity index (χ0v) is 51.1. The van der Waals surface area contributed by atoms with E-state index >= 15 is 0 Å². The number of unbranched alkanes of at least 4 members (excludes halogenated alkanes) is 22. The van der Waals surface area contributed by atoms with Crippen molar-refractivity contribution in [1.82, 2.24) is 0 Å². The molecule has 79 heavy (non-hydrogen) atoms. The van der Waals surface area contributed by atoms with E-state index in [9.17, 15) is 14.4 Å². The number of allylic oxidation sites excluding steroid dienone is 24. The Hall–Kier alpha value is -4.71. The lowest BCUT2D eigenvalue weighted by Crippen LogP contribution is -2.30. The number of carbonyl (C=O) groups is 3. The summed E-state index contributed by atoms with van der Waals surface area (Å²) in [5.41, 5.74) is 0. The molecule has 0 saturated carbocycles. The van der Waals surface area contributed by atoms with E-state index in [1.54, 1.807) is 0 Å². The topological polar surface area (TPSA) is 78.9 Å². The van der Waals surface area contributed by atoms with Crippen LogP contribution in [0.2, 0.25) is 0 Å². The van der Waals surface area contributed by atoms with E-state index in [0.29, 0.717) is 19.3 Å². The van der Waals surface area contributed by atoms with E-state index in [4.69, 9.17) is 14.2 Å². The molecule has 0 amide bonds. The van der Waals surface area contributed by atoms with Crippen LogP contribution in [0.5, 0.6) is 0 Å². The molecule has 0 aliphatic carbocycles. The Morgan fingerprint density at radius 3 is 0.772 bits per heavy atom. The standard InChI is InChI=1S/C73H118O6/c1-4-7-10-13-16-19-22-25-28-31-33-35-36-38-39-42-45-48-51-54-57-60-63-66-72(75)78-69-70(68-77-71(74)65-62-59-56-53-50-47-44-41-30-27-24-21-18-15-12-9-6-3)79-73(76)67-64-61-58-55-52-49-46-43-40-37-34-32-29-26-23-20-17-14-11-8-5-2/h7,9-10,12,16,18-19,21,23,25-28,30,32-35,38-39,44-45,47-48,70H,4-6,8,11,13-15,17,20,22,24,29,31,36-37,40-43,46,49-69H2,1-3H3/b10-7-,12-9-,19-16-,21-18-,26-23-,28-25-,30-27-,34-32-,35-33-,39-38-,47-44-,48-45-. The lowest BCUT2D eigenvalue weighted by Gasteiger charge is -2.18. The highest BCUT2D eigenvalue weighted by molar-refractivity contribution is 5.71. The maximum atomic E-state index is 12.9. The van der Waals surface area contributed by atoms with Crippen molar-refractivity contribution in [2.45, 2.75) is 284 Å². The van der Waals surface area contributed by atoms with Gasteiger partial charge in [-0.15, -0.1) is 0 Å². The summed E-state index contributed by atoms with van der Waals surface area (Å²) in [6.45, 7) is 6.36. The Balaban J connectivity index is 4.50. The maximum Gasteiger partial charge on any atom is 0.306 e. The molecule has 0 aromatic heterocycles. The molecule has 0 aliphatic heterocycles. The van der Waals surface area contributed by atoms with Gasteiger partial charge >= 0.3 is 17.9 Å². The predicted molar refractivity (Wildman–Crippen MR) is 343 cm³/mol. The van der Waals surface area contributed by atoms with Crippen molar-refractivity contribution in [3.63, 3.8) is 0 Å². The van der Waals surface area contributed by atoms with Gasteiger partial charge in [0.25, 0.3) is 0 Å². The van der Waals surface area contributed by atoms with Crippen LogP contribution in [0.3, 0.4) is 0 Å². The highest BCUT2D eigenvalue weighted by Crippen LogP contribution is 2.15. The van der Waals surface area contributed by atoms with Crippen molar-refractivity contribution in [1.29, 1.82) is 0 Å². The summed E-state index contributed by atoms with van der Waals surface area (Å²) < 4.78 is 16.9. The summed E-state index contributed by atoms with van der Waals surface area (Å²) in [7, 11) is 0. The van der Waals surface area contributed by atoms with Gasteiger partial charge in [0, 0.05) is 19.3 Å². The summed E-state index contributed by atoms with van der Waals surface area (Å²) >= 11 is 0. The van der Waals surface area contributed by atoms with Gasteiger partial charge in [0.15, 0.2) is 6.10 Å². The van der Waals surface area contributed by atoms with Gasteiger partial charge in [-0.2, -0.15) is 0 Å². The molecular weight excluding hydrogens is 973 g/mol. The van der Waals surface area contributed by atoms with Gasteiger partial charge in [-0.1, -0.05) is 263 Å². The molecule has 0 N–H and O–H groups in total. The van der Waals surface area contributed by atoms with Gasteiger partial charge in [0.2, 0.25) is 0 Å². The molecule has 0 bridgehead atoms. The molecule has 0 heterocycles. The smallest absolute Gasteiger partial charge is 0.306 e. The number of ether oxygens (including phenoxy) is 3. The third kappa shape index (κ3) is 64.0. The van der Waals surface area contributed by atoms with Crippen LogP contribution in [0.25, 0.3) is 0 Å². The largest absolute Gasteiger partial charge is 0.462 e. The second-order valence-electron chi connectivity index (χ2n) is 20.9. The molecule has 0 aromatic carbocycles. The lowest BCUT2D eigenvalue weighted by molar-refractivity contribution is -0.167. The summed E-state index contributed by atoms with van der Waals surface area (Å²) in [5.74, 6) is -0.956. The quantitative estimate of drug-likeness (QED) is 0.0261. The molecular formula is C73H118O6. The van der Waals surface area contributed by atoms with Crippen LogP contribution in [0.1, 0.15) is 278 Å². The minimum absolute atomic E-state index is 0.106. The lowest BCUT2D eigenvalue weighted by atomic mass is 10.1. The van der Waals surface area contributed by atoms with Crippen molar-refractivity contribution in [2.75, 3.05) is 13.2 Å². The maximum absolute atomic E-state index is 12.9. The first-order valence-corrected chi connectivity index (χ1v) is 32.3. The molecule has 0 rings (SSSR count). The van der Waals surface area contributed by atoms with Gasteiger partial charge in [0.1, 0.15) is 13.2 Å². The molecule has 0 aliphatic rings. The van der Waals surface area contributed by atoms with Crippen LogP contribution in [0.15, 0.2) is 146 Å². The molecule has 0 radical (unpaired) electrons. The summed E-state index contributed by atoms with van der Waals surface area (Å²) in [6, 6.07) is 0. The van der Waals surface area contributed by atoms with Crippen LogP contribution < -0.4 is 0 Å². The fourth-order valence-electron chi connectivity index (χ4n) is 8.53. The molecule has 6 nitrogen and oxygen atoms in total. The van der Waals surface area contributed by atoms with Crippen molar-refractivity contribution in [2.24, 2.45) is 0 Å². The van der Waals surface area contributed by atoms with Crippen molar-refractivity contribution in [3.05, 3.63) is 146 Å². The first-order valence-electron chi connectivity index (χ1n) is 32.3. The molecule has 0 saturated heterocycles. The molecule has 1 unspecified atom stereocenters. The molecule has 0 fully saturated rings. The SMILES string of the molecule is CC/C=C\C/C=C\C/C=C\C/C=C\C/C=C\C/C=C\CCCCCCC(=O)OCC(COC(=O)CCCCCC/C=C\C/C=C\C/C=C\C/C=C\CC)OC(=O)CCCCCCCCCCC/C=C\C/C=C\CCCCCCC. The average Bonchev–Trinajstić information content (AvgIpc) is 3.45. The fraction of sp³-hybridized carbons (Fsp3) is 0.630. The van der Waals surface area contributed by atoms with E-state index in [2.05, 4.69) is 167 Å². The van der Waals surface area contributed by atoms with Gasteiger partial charge < -0.3 is 14.2 Å². The van der Waals surface area contributed by atoms with Crippen molar-refractivity contribution >= 4 is 17.9 Å². The Labute approximate surface area is 487 Å². The number of hydrogen-bond acceptors (Lipinski definition) is 6. The van der Waals surface area contributed by atoms with Gasteiger partial charge in [-0.05, 0) is 141 Å². The number of carbonyl (C=O) groups excluding carboxylic acids is 3. The zero-order chi connectivity index (χ0) is 57.1. The van der Waals surface area contributed by atoms with E-state index in [0.717, 1.165) is 154 Å². The third-order valence-corrected chi connectivity index (χ3v) is 13.3. The molecule has 0 spiro atoms. The number of rotatable bonds is 57. The normalized spacial score (nSPS) is 13.1.